The molecule has 1 unspecified atom stereocenters. The fourth-order valence-electron chi connectivity index (χ4n) is 3.00. The number of carbonyl (C=O) groups is 2. The van der Waals surface area contributed by atoms with E-state index in [1.807, 2.05) is 6.07 Å². The summed E-state index contributed by atoms with van der Waals surface area (Å²) in [6.07, 6.45) is 0.455. The van der Waals surface area contributed by atoms with Crippen molar-refractivity contribution in [2.45, 2.75) is 13.0 Å². The van der Waals surface area contributed by atoms with Crippen molar-refractivity contribution in [3.8, 4) is 11.5 Å². The van der Waals surface area contributed by atoms with Crippen molar-refractivity contribution >= 4 is 51.7 Å². The molecule has 2 aromatic heterocycles. The summed E-state index contributed by atoms with van der Waals surface area (Å²) in [6.45, 7) is 1.48. The normalized spacial score (nSPS) is 11.8. The average Bonchev–Trinajstić information content (AvgIpc) is 3.29. The molecule has 0 radical (unpaired) electrons. The number of amides is 1. The van der Waals surface area contributed by atoms with Gasteiger partial charge >= 0.3 is 5.97 Å². The number of fused-ring (bicyclic) bond motifs is 1. The van der Waals surface area contributed by atoms with E-state index in [-0.39, 0.29) is 10.6 Å². The average molecular weight is 455 g/mol. The van der Waals surface area contributed by atoms with Crippen molar-refractivity contribution < 1.29 is 18.7 Å². The molecule has 0 aliphatic rings. The molecule has 1 N–H and O–H groups in total. The number of nitrogens with one attached hydrogen (secondary N) is 1. The molecule has 6 nitrogen and oxygen atoms in total. The third-order valence-corrected chi connectivity index (χ3v) is 5.10. The van der Waals surface area contributed by atoms with E-state index in [4.69, 9.17) is 32.4 Å². The fraction of sp³-hybridized carbons (Fsp3) is 0.0870. The van der Waals surface area contributed by atoms with E-state index in [1.54, 1.807) is 48.5 Å². The maximum Gasteiger partial charge on any atom is 0.339 e. The Morgan fingerprint density at radius 3 is 2.61 bits per heavy atom. The zero-order valence-corrected chi connectivity index (χ0v) is 17.8. The van der Waals surface area contributed by atoms with E-state index in [1.165, 1.54) is 19.3 Å². The SMILES string of the molecule is CC(OC(=O)c1cc(-c2ccco2)nc2ccccc12)C(=O)Nc1ccc(Cl)cc1Cl. The number of pyridine rings is 1. The van der Waals surface area contributed by atoms with Gasteiger partial charge in [0.25, 0.3) is 5.91 Å². The van der Waals surface area contributed by atoms with Gasteiger partial charge in [0.15, 0.2) is 11.9 Å². The first-order valence-electron chi connectivity index (χ1n) is 9.33. The van der Waals surface area contributed by atoms with Crippen LogP contribution in [0.4, 0.5) is 5.69 Å². The second kappa shape index (κ2) is 8.79. The zero-order chi connectivity index (χ0) is 22.0. The molecule has 1 amide bonds. The summed E-state index contributed by atoms with van der Waals surface area (Å²) in [6, 6.07) is 16.9. The Morgan fingerprint density at radius 1 is 1.06 bits per heavy atom. The maximum absolute atomic E-state index is 13.0. The minimum Gasteiger partial charge on any atom is -0.463 e. The molecule has 2 aromatic carbocycles. The number of hydrogen-bond donors (Lipinski definition) is 1. The topological polar surface area (TPSA) is 81.4 Å². The molecule has 8 heteroatoms. The van der Waals surface area contributed by atoms with Crippen molar-refractivity contribution in [1.82, 2.24) is 4.98 Å². The van der Waals surface area contributed by atoms with Crippen LogP contribution in [0.15, 0.2) is 71.3 Å². The van der Waals surface area contributed by atoms with E-state index < -0.39 is 18.0 Å². The van der Waals surface area contributed by atoms with Crippen LogP contribution in [0, 0.1) is 0 Å². The lowest BCUT2D eigenvalue weighted by molar-refractivity contribution is -0.123. The Balaban J connectivity index is 1.58. The van der Waals surface area contributed by atoms with Crippen LogP contribution in [0.2, 0.25) is 10.0 Å². The number of ether oxygens (including phenoxy) is 1. The molecule has 0 saturated heterocycles. The quantitative estimate of drug-likeness (QED) is 0.374. The first-order valence-corrected chi connectivity index (χ1v) is 10.1. The number of esters is 1. The minimum absolute atomic E-state index is 0.279. The van der Waals surface area contributed by atoms with Gasteiger partial charge in [-0.2, -0.15) is 0 Å². The number of benzene rings is 2. The summed E-state index contributed by atoms with van der Waals surface area (Å²) in [5, 5.41) is 3.96. The second-order valence-corrected chi connectivity index (χ2v) is 7.55. The summed E-state index contributed by atoms with van der Waals surface area (Å²) in [7, 11) is 0. The van der Waals surface area contributed by atoms with Crippen LogP contribution in [0.1, 0.15) is 17.3 Å². The molecule has 2 heterocycles. The first kappa shape index (κ1) is 20.9. The molecule has 156 valence electrons. The monoisotopic (exact) mass is 454 g/mol. The summed E-state index contributed by atoms with van der Waals surface area (Å²) in [5.74, 6) is -0.665. The molecular formula is C23H16Cl2N2O4. The molecule has 0 fully saturated rings. The number of anilines is 1. The maximum atomic E-state index is 13.0. The fourth-order valence-corrected chi connectivity index (χ4v) is 3.45. The van der Waals surface area contributed by atoms with Crippen molar-refractivity contribution in [1.29, 1.82) is 0 Å². The molecule has 0 aliphatic carbocycles. The lowest BCUT2D eigenvalue weighted by Gasteiger charge is -2.15. The molecule has 0 saturated carbocycles. The largest absolute Gasteiger partial charge is 0.463 e. The first-order chi connectivity index (χ1) is 14.9. The minimum atomic E-state index is -1.07. The number of rotatable bonds is 5. The second-order valence-electron chi connectivity index (χ2n) is 6.71. The van der Waals surface area contributed by atoms with Gasteiger partial charge in [-0.25, -0.2) is 9.78 Å². The molecule has 0 aliphatic heterocycles. The predicted octanol–water partition coefficient (Wildman–Crippen LogP) is 5.99. The van der Waals surface area contributed by atoms with Gasteiger partial charge in [0, 0.05) is 10.4 Å². The molecular weight excluding hydrogens is 439 g/mol. The number of hydrogen-bond acceptors (Lipinski definition) is 5. The number of furan rings is 1. The highest BCUT2D eigenvalue weighted by Crippen LogP contribution is 2.27. The van der Waals surface area contributed by atoms with Crippen LogP contribution < -0.4 is 5.32 Å². The number of nitrogens with zero attached hydrogens (tertiary/aromatic N) is 1. The van der Waals surface area contributed by atoms with Crippen molar-refractivity contribution in [3.05, 3.63) is 82.5 Å². The van der Waals surface area contributed by atoms with Gasteiger partial charge in [0.1, 0.15) is 5.69 Å². The summed E-state index contributed by atoms with van der Waals surface area (Å²) in [5.41, 5.74) is 1.74. The van der Waals surface area contributed by atoms with E-state index in [0.717, 1.165) is 0 Å². The zero-order valence-electron chi connectivity index (χ0n) is 16.3. The van der Waals surface area contributed by atoms with Crippen molar-refractivity contribution in [3.63, 3.8) is 0 Å². The molecule has 0 bridgehead atoms. The van der Waals surface area contributed by atoms with Crippen LogP contribution in [-0.4, -0.2) is 23.0 Å². The van der Waals surface area contributed by atoms with E-state index in [0.29, 0.717) is 33.1 Å². The number of halogens is 2. The van der Waals surface area contributed by atoms with Gasteiger partial charge in [0.05, 0.1) is 28.1 Å². The van der Waals surface area contributed by atoms with Crippen LogP contribution in [0.25, 0.3) is 22.4 Å². The standard InChI is InChI=1S/C23H16Cl2N2O4/c1-13(22(28)27-19-9-8-14(24)11-17(19)25)31-23(29)16-12-20(21-7-4-10-30-21)26-18-6-3-2-5-15(16)18/h2-13H,1H3,(H,27,28). The third kappa shape index (κ3) is 4.55. The number of para-hydroxylation sites is 1. The lowest BCUT2D eigenvalue weighted by Crippen LogP contribution is -2.30. The highest BCUT2D eigenvalue weighted by atomic mass is 35.5. The molecule has 4 aromatic rings. The summed E-state index contributed by atoms with van der Waals surface area (Å²) in [4.78, 5) is 30.0. The van der Waals surface area contributed by atoms with Gasteiger partial charge in [-0.05, 0) is 49.4 Å². The van der Waals surface area contributed by atoms with Gasteiger partial charge in [-0.15, -0.1) is 0 Å². The van der Waals surface area contributed by atoms with Gasteiger partial charge in [-0.1, -0.05) is 41.4 Å². The Labute approximate surface area is 187 Å². The van der Waals surface area contributed by atoms with Crippen LogP contribution in [0.5, 0.6) is 0 Å². The van der Waals surface area contributed by atoms with E-state index >= 15 is 0 Å². The predicted molar refractivity (Wildman–Crippen MR) is 119 cm³/mol. The third-order valence-electron chi connectivity index (χ3n) is 4.55. The molecule has 1 atom stereocenters. The molecule has 4 rings (SSSR count). The van der Waals surface area contributed by atoms with Crippen LogP contribution >= 0.6 is 23.2 Å². The van der Waals surface area contributed by atoms with Crippen molar-refractivity contribution in [2.75, 3.05) is 5.32 Å². The Bertz CT molecular complexity index is 1270. The van der Waals surface area contributed by atoms with E-state index in [9.17, 15) is 9.59 Å². The Kier molecular flexibility index (Phi) is 5.93. The molecule has 31 heavy (non-hydrogen) atoms. The lowest BCUT2D eigenvalue weighted by atomic mass is 10.1. The smallest absolute Gasteiger partial charge is 0.339 e. The number of aromatic nitrogens is 1. The van der Waals surface area contributed by atoms with E-state index in [2.05, 4.69) is 10.3 Å². The summed E-state index contributed by atoms with van der Waals surface area (Å²) < 4.78 is 10.8. The van der Waals surface area contributed by atoms with Gasteiger partial charge in [0.2, 0.25) is 0 Å². The highest BCUT2D eigenvalue weighted by Gasteiger charge is 2.22. The Hall–Kier alpha value is -3.35. The Morgan fingerprint density at radius 2 is 1.87 bits per heavy atom. The van der Waals surface area contributed by atoms with Gasteiger partial charge in [-0.3, -0.25) is 4.79 Å². The molecule has 0 spiro atoms. The van der Waals surface area contributed by atoms with Gasteiger partial charge < -0.3 is 14.5 Å². The highest BCUT2D eigenvalue weighted by molar-refractivity contribution is 6.36. The van der Waals surface area contributed by atoms with Crippen LogP contribution in [0.3, 0.4) is 0 Å². The summed E-state index contributed by atoms with van der Waals surface area (Å²) >= 11 is 12.0. The van der Waals surface area contributed by atoms with Crippen LogP contribution in [-0.2, 0) is 9.53 Å². The number of carbonyl (C=O) groups excluding carboxylic acids is 2. The van der Waals surface area contributed by atoms with Crippen molar-refractivity contribution in [2.24, 2.45) is 0 Å².